The van der Waals surface area contributed by atoms with Gasteiger partial charge >= 0.3 is 0 Å². The molecule has 1 saturated heterocycles. The maximum absolute atomic E-state index is 14.2. The Hall–Kier alpha value is -3.30. The first-order valence-corrected chi connectivity index (χ1v) is 11.5. The van der Waals surface area contributed by atoms with Gasteiger partial charge in [-0.15, -0.1) is 0 Å². The number of amides is 2. The Labute approximate surface area is 197 Å². The van der Waals surface area contributed by atoms with Crippen molar-refractivity contribution in [1.82, 2.24) is 20.2 Å². The lowest BCUT2D eigenvalue weighted by Gasteiger charge is -2.39. The van der Waals surface area contributed by atoms with Gasteiger partial charge in [-0.2, -0.15) is 0 Å². The van der Waals surface area contributed by atoms with Crippen LogP contribution >= 0.6 is 0 Å². The zero-order valence-corrected chi connectivity index (χ0v) is 19.3. The van der Waals surface area contributed by atoms with Crippen LogP contribution in [0.2, 0.25) is 0 Å². The molecule has 2 aromatic rings. The molecule has 2 fully saturated rings. The van der Waals surface area contributed by atoms with E-state index in [1.165, 1.54) is 13.3 Å². The van der Waals surface area contributed by atoms with Gasteiger partial charge in [-0.05, 0) is 50.3 Å². The molecule has 8 nitrogen and oxygen atoms in total. The number of pyridine rings is 2. The first-order chi connectivity index (χ1) is 16.2. The fraction of sp³-hybridized carbons (Fsp3) is 0.500. The van der Waals surface area contributed by atoms with E-state index in [0.717, 1.165) is 17.7 Å². The third-order valence-corrected chi connectivity index (χ3v) is 6.18. The molecule has 1 unspecified atom stereocenters. The number of likely N-dealkylation sites (tertiary alicyclic amines) is 1. The standard InChI is InChI=1S/C24H29F2N5O3/c1-15-6-7-20(29-21-12-19(9-11-27-21)34-18-4-3-5-18)30-22(15)23(33)31-14-24(25,26)10-8-17(31)13-28-16(2)32/h6-7,9,11-12,17-18H,3-5,8,10,13-14H2,1-2H3,(H,28,32)(H,27,29,30). The van der Waals surface area contributed by atoms with Gasteiger partial charge in [0.2, 0.25) is 5.91 Å². The number of rotatable bonds is 7. The number of carbonyl (C=O) groups excluding carboxylic acids is 2. The van der Waals surface area contributed by atoms with Gasteiger partial charge in [0.15, 0.2) is 0 Å². The molecule has 10 heteroatoms. The van der Waals surface area contributed by atoms with Gasteiger partial charge in [-0.25, -0.2) is 18.7 Å². The molecule has 0 aromatic carbocycles. The van der Waals surface area contributed by atoms with Crippen molar-refractivity contribution in [3.05, 3.63) is 41.7 Å². The number of hydrogen-bond donors (Lipinski definition) is 2. The van der Waals surface area contributed by atoms with Crippen LogP contribution in [0.25, 0.3) is 0 Å². The van der Waals surface area contributed by atoms with Crippen LogP contribution in [0.15, 0.2) is 30.5 Å². The number of piperidine rings is 1. The summed E-state index contributed by atoms with van der Waals surface area (Å²) >= 11 is 0. The largest absolute Gasteiger partial charge is 0.490 e. The lowest BCUT2D eigenvalue weighted by Crippen LogP contribution is -2.55. The van der Waals surface area contributed by atoms with Crippen molar-refractivity contribution in [3.8, 4) is 5.75 Å². The van der Waals surface area contributed by atoms with Crippen molar-refractivity contribution in [2.45, 2.75) is 64.0 Å². The van der Waals surface area contributed by atoms with E-state index in [4.69, 9.17) is 4.74 Å². The van der Waals surface area contributed by atoms with Crippen LogP contribution in [0.1, 0.15) is 55.1 Å². The monoisotopic (exact) mass is 473 g/mol. The van der Waals surface area contributed by atoms with E-state index in [-0.39, 0.29) is 37.1 Å². The molecule has 2 amide bonds. The molecule has 1 aliphatic carbocycles. The number of nitrogens with one attached hydrogen (secondary N) is 2. The van der Waals surface area contributed by atoms with Crippen LogP contribution in [0, 0.1) is 6.92 Å². The van der Waals surface area contributed by atoms with Gasteiger partial charge in [-0.1, -0.05) is 6.07 Å². The van der Waals surface area contributed by atoms with Crippen LogP contribution in [0.5, 0.6) is 5.75 Å². The first-order valence-electron chi connectivity index (χ1n) is 11.5. The lowest BCUT2D eigenvalue weighted by molar-refractivity contribution is -0.119. The number of aromatic nitrogens is 2. The number of anilines is 2. The van der Waals surface area contributed by atoms with Crippen LogP contribution < -0.4 is 15.4 Å². The summed E-state index contributed by atoms with van der Waals surface area (Å²) < 4.78 is 34.3. The van der Waals surface area contributed by atoms with E-state index < -0.39 is 24.4 Å². The predicted molar refractivity (Wildman–Crippen MR) is 122 cm³/mol. The summed E-state index contributed by atoms with van der Waals surface area (Å²) in [6.45, 7) is 2.47. The highest BCUT2D eigenvalue weighted by molar-refractivity contribution is 5.94. The van der Waals surface area contributed by atoms with Crippen LogP contribution in [0.4, 0.5) is 20.4 Å². The second kappa shape index (κ2) is 9.90. The highest BCUT2D eigenvalue weighted by Gasteiger charge is 2.42. The Morgan fingerprint density at radius 1 is 1.21 bits per heavy atom. The van der Waals surface area contributed by atoms with Gasteiger partial charge in [0.1, 0.15) is 23.1 Å². The third-order valence-electron chi connectivity index (χ3n) is 6.18. The molecule has 2 N–H and O–H groups in total. The summed E-state index contributed by atoms with van der Waals surface area (Å²) in [4.78, 5) is 34.5. The second-order valence-corrected chi connectivity index (χ2v) is 8.95. The van der Waals surface area contributed by atoms with E-state index in [0.29, 0.717) is 22.9 Å². The summed E-state index contributed by atoms with van der Waals surface area (Å²) in [5, 5.41) is 5.70. The van der Waals surface area contributed by atoms with Crippen molar-refractivity contribution >= 4 is 23.5 Å². The maximum atomic E-state index is 14.2. The minimum Gasteiger partial charge on any atom is -0.490 e. The quantitative estimate of drug-likeness (QED) is 0.635. The van der Waals surface area contributed by atoms with Crippen molar-refractivity contribution in [1.29, 1.82) is 0 Å². The number of nitrogens with zero attached hydrogens (tertiary/aromatic N) is 3. The number of hydrogen-bond acceptors (Lipinski definition) is 6. The van der Waals surface area contributed by atoms with Gasteiger partial charge in [0.05, 0.1) is 12.6 Å². The summed E-state index contributed by atoms with van der Waals surface area (Å²) in [5.74, 6) is -2.30. The molecule has 0 radical (unpaired) electrons. The van der Waals surface area contributed by atoms with E-state index in [1.807, 2.05) is 0 Å². The average molecular weight is 474 g/mol. The number of carbonyl (C=O) groups is 2. The van der Waals surface area contributed by atoms with Crippen molar-refractivity contribution < 1.29 is 23.1 Å². The van der Waals surface area contributed by atoms with Crippen molar-refractivity contribution in [2.24, 2.45) is 0 Å². The summed E-state index contributed by atoms with van der Waals surface area (Å²) in [6.07, 6.45) is 4.85. The fourth-order valence-corrected chi connectivity index (χ4v) is 4.02. The minimum absolute atomic E-state index is 0.0809. The van der Waals surface area contributed by atoms with E-state index in [1.54, 1.807) is 37.4 Å². The Morgan fingerprint density at radius 2 is 2.00 bits per heavy atom. The molecule has 3 heterocycles. The Kier molecular flexibility index (Phi) is 6.95. The summed E-state index contributed by atoms with van der Waals surface area (Å²) in [5.41, 5.74) is 0.648. The molecular weight excluding hydrogens is 444 g/mol. The average Bonchev–Trinajstić information content (AvgIpc) is 2.76. The first kappa shape index (κ1) is 23.8. The molecule has 0 bridgehead atoms. The van der Waals surface area contributed by atoms with Gasteiger partial charge in [-0.3, -0.25) is 9.59 Å². The predicted octanol–water partition coefficient (Wildman–Crippen LogP) is 3.84. The van der Waals surface area contributed by atoms with E-state index in [2.05, 4.69) is 20.6 Å². The summed E-state index contributed by atoms with van der Waals surface area (Å²) in [7, 11) is 0. The van der Waals surface area contributed by atoms with Gasteiger partial charge < -0.3 is 20.3 Å². The Balaban J connectivity index is 1.52. The molecule has 1 saturated carbocycles. The smallest absolute Gasteiger partial charge is 0.273 e. The fourth-order valence-electron chi connectivity index (χ4n) is 4.02. The number of ether oxygens (including phenoxy) is 1. The third kappa shape index (κ3) is 5.78. The molecule has 182 valence electrons. The van der Waals surface area contributed by atoms with Crippen LogP contribution in [-0.2, 0) is 4.79 Å². The molecule has 0 spiro atoms. The highest BCUT2D eigenvalue weighted by atomic mass is 19.3. The topological polar surface area (TPSA) is 96.5 Å². The summed E-state index contributed by atoms with van der Waals surface area (Å²) in [6, 6.07) is 6.42. The molecule has 2 aromatic heterocycles. The van der Waals surface area contributed by atoms with Crippen molar-refractivity contribution in [2.75, 3.05) is 18.4 Å². The molecule has 1 aliphatic heterocycles. The highest BCUT2D eigenvalue weighted by Crippen LogP contribution is 2.32. The van der Waals surface area contributed by atoms with E-state index in [9.17, 15) is 18.4 Å². The number of aryl methyl sites for hydroxylation is 1. The SMILES string of the molecule is CC(=O)NCC1CCC(F)(F)CN1C(=O)c1nc(Nc2cc(OC3CCC3)ccn2)ccc1C. The van der Waals surface area contributed by atoms with Gasteiger partial charge in [0, 0.05) is 38.2 Å². The van der Waals surface area contributed by atoms with Crippen LogP contribution in [0.3, 0.4) is 0 Å². The Bertz CT molecular complexity index is 1060. The van der Waals surface area contributed by atoms with Crippen molar-refractivity contribution in [3.63, 3.8) is 0 Å². The molecule has 1 atom stereocenters. The zero-order valence-electron chi connectivity index (χ0n) is 19.3. The van der Waals surface area contributed by atoms with Crippen LogP contribution in [-0.4, -0.2) is 57.8 Å². The zero-order chi connectivity index (χ0) is 24.3. The molecule has 4 rings (SSSR count). The molecular formula is C24H29F2N5O3. The number of alkyl halides is 2. The molecule has 34 heavy (non-hydrogen) atoms. The van der Waals surface area contributed by atoms with Gasteiger partial charge in [0.25, 0.3) is 11.8 Å². The van der Waals surface area contributed by atoms with E-state index >= 15 is 0 Å². The Morgan fingerprint density at radius 3 is 2.71 bits per heavy atom. The number of halogens is 2. The minimum atomic E-state index is -2.99. The normalized spacial score (nSPS) is 19.8. The maximum Gasteiger partial charge on any atom is 0.273 e. The second-order valence-electron chi connectivity index (χ2n) is 8.95. The molecule has 2 aliphatic rings. The lowest BCUT2D eigenvalue weighted by atomic mass is 9.96.